The van der Waals surface area contributed by atoms with Crippen LogP contribution in [0.2, 0.25) is 0 Å². The van der Waals surface area contributed by atoms with Gasteiger partial charge < -0.3 is 31.7 Å². The third kappa shape index (κ3) is 6.17. The highest BCUT2D eigenvalue weighted by Crippen LogP contribution is 2.40. The van der Waals surface area contributed by atoms with Crippen LogP contribution in [0.25, 0.3) is 5.70 Å². The molecule has 2 saturated heterocycles. The van der Waals surface area contributed by atoms with Gasteiger partial charge in [0.05, 0.1) is 18.2 Å². The van der Waals surface area contributed by atoms with Gasteiger partial charge in [-0.2, -0.15) is 13.2 Å². The van der Waals surface area contributed by atoms with Crippen molar-refractivity contribution in [3.8, 4) is 5.75 Å². The normalized spacial score (nSPS) is 20.0. The molecule has 7 N–H and O–H groups in total. The third-order valence-corrected chi connectivity index (χ3v) is 9.50. The van der Waals surface area contributed by atoms with Crippen LogP contribution in [0.3, 0.4) is 0 Å². The Morgan fingerprint density at radius 1 is 1.28 bits per heavy atom. The highest BCUT2D eigenvalue weighted by atomic mass is 31.1. The summed E-state index contributed by atoms with van der Waals surface area (Å²) >= 11 is 0. The number of methoxy groups -OCH3 is 1. The predicted octanol–water partition coefficient (Wildman–Crippen LogP) is 3.10. The second kappa shape index (κ2) is 11.4. The minimum Gasteiger partial charge on any atom is -0.496 e. The number of ether oxygens (including phenoxy) is 2. The van der Waals surface area contributed by atoms with E-state index in [4.69, 9.17) is 26.7 Å². The monoisotopic (exact) mass is 525 g/mol. The van der Waals surface area contributed by atoms with Crippen LogP contribution in [0.1, 0.15) is 29.5 Å². The SMILES string of the molecule is COc1cc(P2CCN(C3CCOCC3)CC2)ccc1CC(N)/C=C(/N)c1c(C(F)(F)F)c[nH]c1N. The van der Waals surface area contributed by atoms with Gasteiger partial charge in [-0.1, -0.05) is 20.1 Å². The van der Waals surface area contributed by atoms with E-state index in [9.17, 15) is 13.2 Å². The Balaban J connectivity index is 1.42. The number of nitrogens with zero attached hydrogens (tertiary/aromatic N) is 1. The summed E-state index contributed by atoms with van der Waals surface area (Å²) in [7, 11) is 1.35. The first kappa shape index (κ1) is 26.8. The van der Waals surface area contributed by atoms with E-state index < -0.39 is 17.8 Å². The predicted molar refractivity (Wildman–Crippen MR) is 139 cm³/mol. The van der Waals surface area contributed by atoms with E-state index >= 15 is 0 Å². The Kier molecular flexibility index (Phi) is 8.50. The summed E-state index contributed by atoms with van der Waals surface area (Å²) in [6.07, 6.45) is 2.58. The van der Waals surface area contributed by atoms with Gasteiger partial charge in [0.15, 0.2) is 0 Å². The first-order valence-electron chi connectivity index (χ1n) is 12.2. The number of hydrogen-bond donors (Lipinski definition) is 4. The summed E-state index contributed by atoms with van der Waals surface area (Å²) in [5.41, 5.74) is 17.6. The fraction of sp³-hybridized carbons (Fsp3) is 0.520. The first-order valence-corrected chi connectivity index (χ1v) is 13.9. The van der Waals surface area contributed by atoms with E-state index in [-0.39, 0.29) is 25.0 Å². The van der Waals surface area contributed by atoms with Crippen molar-refractivity contribution in [3.05, 3.63) is 47.2 Å². The van der Waals surface area contributed by atoms with Crippen LogP contribution >= 0.6 is 7.92 Å². The molecule has 0 amide bonds. The van der Waals surface area contributed by atoms with Crippen molar-refractivity contribution in [1.29, 1.82) is 0 Å². The molecule has 2 aliphatic heterocycles. The summed E-state index contributed by atoms with van der Waals surface area (Å²) in [5.74, 6) is 0.594. The van der Waals surface area contributed by atoms with Crippen molar-refractivity contribution in [3.63, 3.8) is 0 Å². The minimum absolute atomic E-state index is 0.107. The molecular weight excluding hydrogens is 490 g/mol. The van der Waals surface area contributed by atoms with Gasteiger partial charge in [-0.3, -0.25) is 4.90 Å². The smallest absolute Gasteiger partial charge is 0.418 e. The molecule has 0 aliphatic carbocycles. The molecule has 1 atom stereocenters. The molecule has 36 heavy (non-hydrogen) atoms. The van der Waals surface area contributed by atoms with Crippen molar-refractivity contribution in [2.24, 2.45) is 11.5 Å². The lowest BCUT2D eigenvalue weighted by molar-refractivity contribution is -0.137. The van der Waals surface area contributed by atoms with E-state index in [0.717, 1.165) is 69.0 Å². The topological polar surface area (TPSA) is 116 Å². The van der Waals surface area contributed by atoms with Crippen LogP contribution in [0.5, 0.6) is 5.75 Å². The number of rotatable bonds is 7. The standard InChI is InChI=1S/C25H35F3N5O2P/c1-34-22-14-19(36-10-6-33(7-11-36)18-4-8-35-9-5-18)3-2-16(22)12-17(29)13-21(30)23-20(25(26,27)28)15-32-24(23)31/h2-3,13-15,17-18,32H,4-12,29-31H2,1H3/b21-13+. The van der Waals surface area contributed by atoms with Crippen LogP contribution in [-0.4, -0.2) is 67.7 Å². The third-order valence-electron chi connectivity index (χ3n) is 7.01. The quantitative estimate of drug-likeness (QED) is 0.413. The van der Waals surface area contributed by atoms with Gasteiger partial charge in [0, 0.05) is 50.3 Å². The lowest BCUT2D eigenvalue weighted by Crippen LogP contribution is -2.45. The average Bonchev–Trinajstić information content (AvgIpc) is 3.27. The summed E-state index contributed by atoms with van der Waals surface area (Å²) in [4.78, 5) is 5.01. The number of nitrogen functional groups attached to an aromatic ring is 1. The molecule has 1 aromatic heterocycles. The maximum Gasteiger partial charge on any atom is 0.418 e. The fourth-order valence-electron chi connectivity index (χ4n) is 5.09. The number of H-pyrrole nitrogens is 1. The molecule has 2 aromatic rings. The number of nitrogens with two attached hydrogens (primary N) is 3. The lowest BCUT2D eigenvalue weighted by Gasteiger charge is -2.39. The van der Waals surface area contributed by atoms with Crippen molar-refractivity contribution in [2.45, 2.75) is 37.5 Å². The number of nitrogens with one attached hydrogen (secondary N) is 1. The molecule has 7 nitrogen and oxygen atoms in total. The highest BCUT2D eigenvalue weighted by molar-refractivity contribution is 7.65. The zero-order valence-corrected chi connectivity index (χ0v) is 21.4. The van der Waals surface area contributed by atoms with Crippen molar-refractivity contribution in [2.75, 3.05) is 51.5 Å². The Bertz CT molecular complexity index is 1060. The first-order chi connectivity index (χ1) is 17.2. The molecule has 2 fully saturated rings. The number of halogens is 3. The van der Waals surface area contributed by atoms with Gasteiger partial charge in [0.25, 0.3) is 0 Å². The number of alkyl halides is 3. The molecule has 0 radical (unpaired) electrons. The Hall–Kier alpha value is -2.26. The number of benzene rings is 1. The largest absolute Gasteiger partial charge is 0.496 e. The fourth-order valence-corrected chi connectivity index (χ4v) is 7.42. The van der Waals surface area contributed by atoms with Gasteiger partial charge in [0.1, 0.15) is 11.6 Å². The molecule has 11 heteroatoms. The molecule has 4 rings (SSSR count). The second-order valence-electron chi connectivity index (χ2n) is 9.34. The van der Waals surface area contributed by atoms with Gasteiger partial charge in [-0.05, 0) is 54.6 Å². The summed E-state index contributed by atoms with van der Waals surface area (Å²) < 4.78 is 51.1. The summed E-state index contributed by atoms with van der Waals surface area (Å²) in [5, 5.41) is 1.30. The van der Waals surface area contributed by atoms with Crippen molar-refractivity contribution < 1.29 is 22.6 Å². The number of anilines is 1. The van der Waals surface area contributed by atoms with E-state index in [0.29, 0.717) is 12.5 Å². The Morgan fingerprint density at radius 3 is 2.61 bits per heavy atom. The zero-order valence-electron chi connectivity index (χ0n) is 20.5. The maximum absolute atomic E-state index is 13.3. The van der Waals surface area contributed by atoms with Crippen molar-refractivity contribution >= 4 is 24.7 Å². The molecule has 0 saturated carbocycles. The van der Waals surface area contributed by atoms with Crippen LogP contribution in [0, 0.1) is 0 Å². The molecule has 0 bridgehead atoms. The summed E-state index contributed by atoms with van der Waals surface area (Å²) in [6, 6.07) is 6.27. The molecular formula is C25H35F3N5O2P. The van der Waals surface area contributed by atoms with E-state index in [1.165, 1.54) is 11.4 Å². The van der Waals surface area contributed by atoms with E-state index in [1.54, 1.807) is 7.11 Å². The summed E-state index contributed by atoms with van der Waals surface area (Å²) in [6.45, 7) is 3.94. The molecule has 0 spiro atoms. The lowest BCUT2D eigenvalue weighted by atomic mass is 10.0. The van der Waals surface area contributed by atoms with Gasteiger partial charge in [-0.15, -0.1) is 0 Å². The Labute approximate surface area is 210 Å². The minimum atomic E-state index is -4.58. The average molecular weight is 526 g/mol. The number of aromatic amines is 1. The molecule has 1 unspecified atom stereocenters. The van der Waals surface area contributed by atoms with Gasteiger partial charge in [0.2, 0.25) is 0 Å². The van der Waals surface area contributed by atoms with E-state index in [2.05, 4.69) is 22.0 Å². The molecule has 198 valence electrons. The van der Waals surface area contributed by atoms with Crippen LogP contribution < -0.4 is 27.2 Å². The maximum atomic E-state index is 13.3. The van der Waals surface area contributed by atoms with Gasteiger partial charge >= 0.3 is 6.18 Å². The molecule has 3 heterocycles. The van der Waals surface area contributed by atoms with Crippen LogP contribution in [0.4, 0.5) is 19.0 Å². The van der Waals surface area contributed by atoms with Crippen LogP contribution in [-0.2, 0) is 17.3 Å². The highest BCUT2D eigenvalue weighted by Gasteiger charge is 2.36. The van der Waals surface area contributed by atoms with Gasteiger partial charge in [-0.25, -0.2) is 0 Å². The number of hydrogen-bond acceptors (Lipinski definition) is 6. The zero-order chi connectivity index (χ0) is 25.9. The van der Waals surface area contributed by atoms with E-state index in [1.807, 2.05) is 6.07 Å². The molecule has 2 aliphatic rings. The van der Waals surface area contributed by atoms with Crippen LogP contribution in [0.15, 0.2) is 30.5 Å². The number of aromatic nitrogens is 1. The molecule has 1 aromatic carbocycles. The second-order valence-corrected chi connectivity index (χ2v) is 11.8. The van der Waals surface area contributed by atoms with Crippen molar-refractivity contribution in [1.82, 2.24) is 9.88 Å². The Morgan fingerprint density at radius 2 is 1.97 bits per heavy atom.